The fraction of sp³-hybridized carbons (Fsp3) is 0. The van der Waals surface area contributed by atoms with Gasteiger partial charge in [0, 0.05) is 40.4 Å². The van der Waals surface area contributed by atoms with Crippen molar-refractivity contribution in [1.29, 1.82) is 10.5 Å². The van der Waals surface area contributed by atoms with Crippen molar-refractivity contribution >= 4 is 22.4 Å². The maximum Gasteiger partial charge on any atom is 0.269 e. The van der Waals surface area contributed by atoms with Crippen LogP contribution in [-0.2, 0) is 0 Å². The minimum absolute atomic E-state index is 0.0138. The van der Waals surface area contributed by atoms with Gasteiger partial charge in [-0.3, -0.25) is 10.1 Å². The van der Waals surface area contributed by atoms with E-state index in [1.807, 2.05) is 30.3 Å². The molecular weight excluding hydrogens is 368 g/mol. The highest BCUT2D eigenvalue weighted by Crippen LogP contribution is 2.38. The van der Waals surface area contributed by atoms with Gasteiger partial charge in [-0.2, -0.15) is 10.5 Å². The van der Waals surface area contributed by atoms with Crippen LogP contribution in [0.15, 0.2) is 54.7 Å². The van der Waals surface area contributed by atoms with E-state index < -0.39 is 4.92 Å². The molecule has 0 spiro atoms. The van der Waals surface area contributed by atoms with E-state index in [1.165, 1.54) is 24.3 Å². The number of nitrogens with two attached hydrogens (primary N) is 1. The van der Waals surface area contributed by atoms with Crippen LogP contribution in [-0.4, -0.2) is 14.9 Å². The summed E-state index contributed by atoms with van der Waals surface area (Å²) in [5, 5.41) is 31.4. The number of hydrogen-bond donors (Lipinski definition) is 2. The first-order valence-electron chi connectivity index (χ1n) is 8.50. The third kappa shape index (κ3) is 2.82. The number of aromatic nitrogens is 2. The smallest absolute Gasteiger partial charge is 0.269 e. The molecule has 138 valence electrons. The molecule has 0 aliphatic carbocycles. The van der Waals surface area contributed by atoms with Gasteiger partial charge in [-0.15, -0.1) is 0 Å². The third-order valence-electron chi connectivity index (χ3n) is 4.66. The Kier molecular flexibility index (Phi) is 4.15. The van der Waals surface area contributed by atoms with Gasteiger partial charge in [-0.1, -0.05) is 18.2 Å². The van der Waals surface area contributed by atoms with Crippen LogP contribution in [0.3, 0.4) is 0 Å². The van der Waals surface area contributed by atoms with Crippen molar-refractivity contribution in [2.45, 2.75) is 0 Å². The summed E-state index contributed by atoms with van der Waals surface area (Å²) in [7, 11) is 0. The van der Waals surface area contributed by atoms with Gasteiger partial charge in [0.2, 0.25) is 0 Å². The highest BCUT2D eigenvalue weighted by molar-refractivity contribution is 5.98. The van der Waals surface area contributed by atoms with Crippen LogP contribution in [0.5, 0.6) is 0 Å². The van der Waals surface area contributed by atoms with E-state index in [2.05, 4.69) is 16.0 Å². The Hall–Kier alpha value is -4.69. The molecule has 0 amide bonds. The Bertz CT molecular complexity index is 1360. The number of para-hydroxylation sites is 1. The average Bonchev–Trinajstić information content (AvgIpc) is 3.17. The molecule has 3 N–H and O–H groups in total. The largest absolute Gasteiger partial charge is 0.383 e. The summed E-state index contributed by atoms with van der Waals surface area (Å²) in [6, 6.07) is 17.3. The Labute approximate surface area is 164 Å². The molecule has 0 saturated carbocycles. The van der Waals surface area contributed by atoms with Crippen molar-refractivity contribution in [2.24, 2.45) is 0 Å². The zero-order chi connectivity index (χ0) is 20.5. The van der Waals surface area contributed by atoms with Crippen molar-refractivity contribution in [1.82, 2.24) is 9.97 Å². The molecule has 0 aliphatic rings. The number of nitrogen functional groups attached to an aromatic ring is 1. The fourth-order valence-corrected chi connectivity index (χ4v) is 3.33. The van der Waals surface area contributed by atoms with E-state index in [0.29, 0.717) is 22.4 Å². The number of anilines is 1. The standard InChI is InChI=1S/C21H12N6O2/c22-9-15-19(12-5-7-13(8-6-12)27(28)29)16(10-23)21(24)26-20(15)17-11-25-18-4-2-1-3-14(17)18/h1-8,11,25H,(H2,24,26). The van der Waals surface area contributed by atoms with Gasteiger partial charge < -0.3 is 10.7 Å². The molecule has 0 bridgehead atoms. The summed E-state index contributed by atoms with van der Waals surface area (Å²) in [6.45, 7) is 0. The second-order valence-corrected chi connectivity index (χ2v) is 6.25. The molecule has 0 atom stereocenters. The Morgan fingerprint density at radius 1 is 1.03 bits per heavy atom. The van der Waals surface area contributed by atoms with E-state index in [4.69, 9.17) is 5.73 Å². The highest BCUT2D eigenvalue weighted by Gasteiger charge is 2.23. The van der Waals surface area contributed by atoms with E-state index in [9.17, 15) is 20.6 Å². The van der Waals surface area contributed by atoms with Crippen LogP contribution in [0.2, 0.25) is 0 Å². The molecule has 0 radical (unpaired) electrons. The van der Waals surface area contributed by atoms with Crippen molar-refractivity contribution in [3.8, 4) is 34.5 Å². The van der Waals surface area contributed by atoms with Crippen LogP contribution in [0.25, 0.3) is 33.3 Å². The number of hydrogen-bond acceptors (Lipinski definition) is 6. The number of fused-ring (bicyclic) bond motifs is 1. The van der Waals surface area contributed by atoms with Crippen LogP contribution >= 0.6 is 0 Å². The summed E-state index contributed by atoms with van der Waals surface area (Å²) >= 11 is 0. The lowest BCUT2D eigenvalue weighted by Gasteiger charge is -2.13. The minimum atomic E-state index is -0.515. The molecule has 8 nitrogen and oxygen atoms in total. The van der Waals surface area contributed by atoms with Gasteiger partial charge in [-0.05, 0) is 23.8 Å². The first-order chi connectivity index (χ1) is 14.0. The van der Waals surface area contributed by atoms with Crippen LogP contribution in [0.1, 0.15) is 11.1 Å². The molecule has 8 heteroatoms. The average molecular weight is 380 g/mol. The number of pyridine rings is 1. The SMILES string of the molecule is N#Cc1c(N)nc(-c2c[nH]c3ccccc23)c(C#N)c1-c1ccc([N+](=O)[O-])cc1. The number of nitrogens with one attached hydrogen (secondary N) is 1. The molecule has 2 aromatic heterocycles. The van der Waals surface area contributed by atoms with Crippen molar-refractivity contribution in [3.63, 3.8) is 0 Å². The zero-order valence-electron chi connectivity index (χ0n) is 14.9. The van der Waals surface area contributed by atoms with Gasteiger partial charge in [-0.25, -0.2) is 4.98 Å². The van der Waals surface area contributed by atoms with E-state index >= 15 is 0 Å². The molecule has 0 aliphatic heterocycles. The van der Waals surface area contributed by atoms with Crippen LogP contribution in [0, 0.1) is 32.8 Å². The maximum atomic E-state index is 11.0. The summed E-state index contributed by atoms with van der Waals surface area (Å²) < 4.78 is 0. The van der Waals surface area contributed by atoms with Gasteiger partial charge in [0.1, 0.15) is 23.5 Å². The quantitative estimate of drug-likeness (QED) is 0.403. The Morgan fingerprint density at radius 2 is 1.72 bits per heavy atom. The van der Waals surface area contributed by atoms with Gasteiger partial charge in [0.15, 0.2) is 0 Å². The summed E-state index contributed by atoms with van der Waals surface area (Å²) in [5.41, 5.74) is 8.86. The predicted octanol–water partition coefficient (Wildman–Crippen LogP) is 4.13. The number of aromatic amines is 1. The lowest BCUT2D eigenvalue weighted by Crippen LogP contribution is -2.03. The second kappa shape index (κ2) is 6.80. The fourth-order valence-electron chi connectivity index (χ4n) is 3.33. The summed E-state index contributed by atoms with van der Waals surface area (Å²) in [4.78, 5) is 17.9. The Balaban J connectivity index is 2.04. The van der Waals surface area contributed by atoms with Crippen molar-refractivity contribution in [2.75, 3.05) is 5.73 Å². The lowest BCUT2D eigenvalue weighted by atomic mass is 9.92. The third-order valence-corrected chi connectivity index (χ3v) is 4.66. The number of nitro benzene ring substituents is 1. The number of nitrogens with zero attached hydrogens (tertiary/aromatic N) is 4. The van der Waals surface area contributed by atoms with Gasteiger partial charge in [0.05, 0.1) is 16.2 Å². The Morgan fingerprint density at radius 3 is 2.38 bits per heavy atom. The molecule has 2 heterocycles. The number of H-pyrrole nitrogens is 1. The minimum Gasteiger partial charge on any atom is -0.383 e. The van der Waals surface area contributed by atoms with E-state index in [-0.39, 0.29) is 22.6 Å². The molecular formula is C21H12N6O2. The normalized spacial score (nSPS) is 10.4. The number of rotatable bonds is 3. The number of nitro groups is 1. The molecule has 2 aromatic carbocycles. The van der Waals surface area contributed by atoms with Crippen molar-refractivity contribution < 1.29 is 4.92 Å². The second-order valence-electron chi connectivity index (χ2n) is 6.25. The predicted molar refractivity (Wildman–Crippen MR) is 107 cm³/mol. The highest BCUT2D eigenvalue weighted by atomic mass is 16.6. The lowest BCUT2D eigenvalue weighted by molar-refractivity contribution is -0.384. The summed E-state index contributed by atoms with van der Waals surface area (Å²) in [6.07, 6.45) is 1.74. The number of benzene rings is 2. The van der Waals surface area contributed by atoms with Crippen LogP contribution < -0.4 is 5.73 Å². The molecule has 4 aromatic rings. The van der Waals surface area contributed by atoms with E-state index in [1.54, 1.807) is 6.20 Å². The topological polar surface area (TPSA) is 145 Å². The zero-order valence-corrected chi connectivity index (χ0v) is 14.9. The van der Waals surface area contributed by atoms with E-state index in [0.717, 1.165) is 10.9 Å². The molecule has 0 unspecified atom stereocenters. The molecule has 0 fully saturated rings. The first kappa shape index (κ1) is 17.7. The number of non-ortho nitro benzene ring substituents is 1. The number of nitriles is 2. The maximum absolute atomic E-state index is 11.0. The van der Waals surface area contributed by atoms with Crippen molar-refractivity contribution in [3.05, 3.63) is 76.0 Å². The monoisotopic (exact) mass is 380 g/mol. The summed E-state index contributed by atoms with van der Waals surface area (Å²) in [5.74, 6) is -0.0138. The molecule has 0 saturated heterocycles. The van der Waals surface area contributed by atoms with Crippen LogP contribution in [0.4, 0.5) is 11.5 Å². The first-order valence-corrected chi connectivity index (χ1v) is 8.50. The molecule has 4 rings (SSSR count). The molecule has 29 heavy (non-hydrogen) atoms. The van der Waals surface area contributed by atoms with Gasteiger partial charge in [0.25, 0.3) is 5.69 Å². The van der Waals surface area contributed by atoms with Gasteiger partial charge >= 0.3 is 0 Å².